The van der Waals surface area contributed by atoms with E-state index in [0.29, 0.717) is 18.7 Å². The summed E-state index contributed by atoms with van der Waals surface area (Å²) in [5.74, 6) is -0.178. The summed E-state index contributed by atoms with van der Waals surface area (Å²) in [6, 6.07) is 15.2. The smallest absolute Gasteiger partial charge is 0.127 e. The Morgan fingerprint density at radius 2 is 1.80 bits per heavy atom. The monoisotopic (exact) mass is 336 g/mol. The molecule has 0 aromatic heterocycles. The Kier molecular flexibility index (Phi) is 5.71. The highest BCUT2D eigenvalue weighted by Crippen LogP contribution is 2.18. The maximum atomic E-state index is 13.8. The number of halogens is 2. The van der Waals surface area contributed by atoms with Crippen LogP contribution in [-0.2, 0) is 13.1 Å². The summed E-state index contributed by atoms with van der Waals surface area (Å²) in [5, 5.41) is 0. The predicted molar refractivity (Wildman–Crippen MR) is 83.7 cm³/mol. The maximum Gasteiger partial charge on any atom is 0.127 e. The number of nitrogens with zero attached hydrogens (tertiary/aromatic N) is 1. The molecule has 0 aliphatic heterocycles. The minimum atomic E-state index is -0.178. The van der Waals surface area contributed by atoms with Gasteiger partial charge in [-0.05, 0) is 23.8 Å². The highest BCUT2D eigenvalue weighted by molar-refractivity contribution is 9.10. The van der Waals surface area contributed by atoms with E-state index in [4.69, 9.17) is 5.73 Å². The number of hydrogen-bond acceptors (Lipinski definition) is 2. The van der Waals surface area contributed by atoms with Crippen molar-refractivity contribution < 1.29 is 4.39 Å². The van der Waals surface area contributed by atoms with Crippen molar-refractivity contribution in [3.05, 3.63) is 69.9 Å². The lowest BCUT2D eigenvalue weighted by Crippen LogP contribution is -2.29. The topological polar surface area (TPSA) is 29.3 Å². The molecule has 0 aliphatic rings. The molecular formula is C16H18BrFN2. The van der Waals surface area contributed by atoms with E-state index in [2.05, 4.69) is 33.0 Å². The molecule has 0 unspecified atom stereocenters. The zero-order valence-corrected chi connectivity index (χ0v) is 12.8. The molecule has 0 amide bonds. The second-order valence-corrected chi connectivity index (χ2v) is 5.64. The van der Waals surface area contributed by atoms with Crippen molar-refractivity contribution in [2.24, 2.45) is 5.73 Å². The Labute approximate surface area is 127 Å². The molecule has 106 valence electrons. The normalized spacial score (nSPS) is 11.0. The van der Waals surface area contributed by atoms with E-state index >= 15 is 0 Å². The van der Waals surface area contributed by atoms with E-state index in [-0.39, 0.29) is 5.82 Å². The lowest BCUT2D eigenvalue weighted by Gasteiger charge is -2.22. The fourth-order valence-corrected chi connectivity index (χ4v) is 2.55. The van der Waals surface area contributed by atoms with Gasteiger partial charge in [-0.15, -0.1) is 0 Å². The third-order valence-electron chi connectivity index (χ3n) is 3.10. The number of nitrogens with two attached hydrogens (primary N) is 1. The molecular weight excluding hydrogens is 319 g/mol. The highest BCUT2D eigenvalue weighted by atomic mass is 79.9. The molecule has 2 aromatic rings. The zero-order valence-electron chi connectivity index (χ0n) is 11.2. The summed E-state index contributed by atoms with van der Waals surface area (Å²) in [6.45, 7) is 2.62. The summed E-state index contributed by atoms with van der Waals surface area (Å²) in [7, 11) is 0. The van der Waals surface area contributed by atoms with Crippen molar-refractivity contribution in [1.82, 2.24) is 4.90 Å². The van der Waals surface area contributed by atoms with Crippen LogP contribution in [0.3, 0.4) is 0 Å². The van der Waals surface area contributed by atoms with Gasteiger partial charge in [-0.1, -0.05) is 46.3 Å². The van der Waals surface area contributed by atoms with E-state index in [9.17, 15) is 4.39 Å². The molecule has 0 radical (unpaired) electrons. The summed E-state index contributed by atoms with van der Waals surface area (Å²) in [4.78, 5) is 2.15. The molecule has 0 spiro atoms. The molecule has 0 fully saturated rings. The van der Waals surface area contributed by atoms with Gasteiger partial charge in [-0.2, -0.15) is 0 Å². The van der Waals surface area contributed by atoms with Gasteiger partial charge in [0, 0.05) is 36.2 Å². The average molecular weight is 337 g/mol. The third kappa shape index (κ3) is 4.40. The predicted octanol–water partition coefficient (Wildman–Crippen LogP) is 3.55. The van der Waals surface area contributed by atoms with Crippen molar-refractivity contribution >= 4 is 15.9 Å². The first-order valence-corrected chi connectivity index (χ1v) is 7.38. The van der Waals surface area contributed by atoms with Crippen LogP contribution < -0.4 is 5.73 Å². The minimum Gasteiger partial charge on any atom is -0.329 e. The molecule has 0 aliphatic carbocycles. The molecule has 2 N–H and O–H groups in total. The van der Waals surface area contributed by atoms with Crippen molar-refractivity contribution in [3.63, 3.8) is 0 Å². The largest absolute Gasteiger partial charge is 0.329 e. The molecule has 2 nitrogen and oxygen atoms in total. The van der Waals surface area contributed by atoms with Crippen LogP contribution >= 0.6 is 15.9 Å². The van der Waals surface area contributed by atoms with Crippen LogP contribution in [0.2, 0.25) is 0 Å². The van der Waals surface area contributed by atoms with Gasteiger partial charge >= 0.3 is 0 Å². The molecule has 2 aromatic carbocycles. The van der Waals surface area contributed by atoms with Crippen molar-refractivity contribution in [3.8, 4) is 0 Å². The third-order valence-corrected chi connectivity index (χ3v) is 3.59. The Morgan fingerprint density at radius 3 is 2.50 bits per heavy atom. The number of rotatable bonds is 6. The number of hydrogen-bond donors (Lipinski definition) is 1. The minimum absolute atomic E-state index is 0.178. The van der Waals surface area contributed by atoms with Crippen molar-refractivity contribution in [2.45, 2.75) is 13.1 Å². The van der Waals surface area contributed by atoms with Crippen LogP contribution in [0.15, 0.2) is 53.0 Å². The molecule has 20 heavy (non-hydrogen) atoms. The van der Waals surface area contributed by atoms with E-state index < -0.39 is 0 Å². The molecule has 0 heterocycles. The van der Waals surface area contributed by atoms with Gasteiger partial charge in [0.1, 0.15) is 5.82 Å². The van der Waals surface area contributed by atoms with Gasteiger partial charge in [0.05, 0.1) is 0 Å². The Hall–Kier alpha value is -1.23. The Bertz CT molecular complexity index is 545. The van der Waals surface area contributed by atoms with Crippen LogP contribution in [-0.4, -0.2) is 18.0 Å². The lowest BCUT2D eigenvalue weighted by molar-refractivity contribution is 0.260. The second kappa shape index (κ2) is 7.53. The fraction of sp³-hybridized carbons (Fsp3) is 0.250. The molecule has 0 atom stereocenters. The molecule has 2 rings (SSSR count). The van der Waals surface area contributed by atoms with Crippen LogP contribution in [0.5, 0.6) is 0 Å². The summed E-state index contributed by atoms with van der Waals surface area (Å²) in [5.41, 5.74) is 7.55. The van der Waals surface area contributed by atoms with Gasteiger partial charge in [0.2, 0.25) is 0 Å². The molecule has 0 saturated carbocycles. The lowest BCUT2D eigenvalue weighted by atomic mass is 10.1. The van der Waals surface area contributed by atoms with Gasteiger partial charge in [-0.3, -0.25) is 4.90 Å². The van der Waals surface area contributed by atoms with Crippen LogP contribution in [0.25, 0.3) is 0 Å². The summed E-state index contributed by atoms with van der Waals surface area (Å²) < 4.78 is 14.7. The van der Waals surface area contributed by atoms with Crippen LogP contribution in [0.4, 0.5) is 4.39 Å². The SMILES string of the molecule is NCCN(Cc1ccccc1)Cc1cc(Br)ccc1F. The first-order valence-electron chi connectivity index (χ1n) is 6.59. The van der Waals surface area contributed by atoms with Crippen LogP contribution in [0.1, 0.15) is 11.1 Å². The highest BCUT2D eigenvalue weighted by Gasteiger charge is 2.10. The second-order valence-electron chi connectivity index (χ2n) is 4.72. The molecule has 0 bridgehead atoms. The van der Waals surface area contributed by atoms with Crippen molar-refractivity contribution in [1.29, 1.82) is 0 Å². The van der Waals surface area contributed by atoms with E-state index in [1.54, 1.807) is 6.07 Å². The van der Waals surface area contributed by atoms with Crippen molar-refractivity contribution in [2.75, 3.05) is 13.1 Å². The Morgan fingerprint density at radius 1 is 1.05 bits per heavy atom. The standard InChI is InChI=1S/C16H18BrFN2/c17-15-6-7-16(18)14(10-15)12-20(9-8-19)11-13-4-2-1-3-5-13/h1-7,10H,8-9,11-12,19H2. The van der Waals surface area contributed by atoms with E-state index in [1.807, 2.05) is 24.3 Å². The van der Waals surface area contributed by atoms with Gasteiger partial charge < -0.3 is 5.73 Å². The van der Waals surface area contributed by atoms with Crippen LogP contribution in [0, 0.1) is 5.82 Å². The van der Waals surface area contributed by atoms with E-state index in [1.165, 1.54) is 11.6 Å². The zero-order chi connectivity index (χ0) is 14.4. The fourth-order valence-electron chi connectivity index (χ4n) is 2.14. The van der Waals surface area contributed by atoms with E-state index in [0.717, 1.165) is 17.6 Å². The van der Waals surface area contributed by atoms with Gasteiger partial charge in [0.15, 0.2) is 0 Å². The summed E-state index contributed by atoms with van der Waals surface area (Å²) >= 11 is 3.38. The maximum absolute atomic E-state index is 13.8. The average Bonchev–Trinajstić information content (AvgIpc) is 2.44. The Balaban J connectivity index is 2.11. The quantitative estimate of drug-likeness (QED) is 0.874. The first kappa shape index (κ1) is 15.2. The van der Waals surface area contributed by atoms with Gasteiger partial charge in [-0.25, -0.2) is 4.39 Å². The molecule has 4 heteroatoms. The number of benzene rings is 2. The van der Waals surface area contributed by atoms with Gasteiger partial charge in [0.25, 0.3) is 0 Å². The summed E-state index contributed by atoms with van der Waals surface area (Å²) in [6.07, 6.45) is 0. The molecule has 0 saturated heterocycles. The first-order chi connectivity index (χ1) is 9.69.